The van der Waals surface area contributed by atoms with Gasteiger partial charge in [0.05, 0.1) is 10.4 Å². The van der Waals surface area contributed by atoms with Gasteiger partial charge >= 0.3 is 0 Å². The van der Waals surface area contributed by atoms with Gasteiger partial charge in [-0.1, -0.05) is 30.3 Å². The maximum absolute atomic E-state index is 13.1. The predicted octanol–water partition coefficient (Wildman–Crippen LogP) is 4.30. The smallest absolute Gasteiger partial charge is 0.127 e. The first kappa shape index (κ1) is 17.8. The highest BCUT2D eigenvalue weighted by atomic mass is 32.2. The van der Waals surface area contributed by atoms with Crippen molar-refractivity contribution in [2.75, 3.05) is 13.2 Å². The molecular weight excluding hydrogens is 364 g/mol. The minimum absolute atomic E-state index is 0.244. The lowest BCUT2D eigenvalue weighted by molar-refractivity contribution is 0.0835. The number of fused-ring (bicyclic) bond motifs is 1. The average Bonchev–Trinajstić information content (AvgIpc) is 3.03. The quantitative estimate of drug-likeness (QED) is 0.711. The summed E-state index contributed by atoms with van der Waals surface area (Å²) in [5.74, 6) is 0. The Morgan fingerprint density at radius 2 is 1.88 bits per heavy atom. The maximum Gasteiger partial charge on any atom is 0.127 e. The lowest BCUT2D eigenvalue weighted by atomic mass is 10.1. The molecule has 6 heteroatoms. The van der Waals surface area contributed by atoms with E-state index < -0.39 is 11.0 Å². The molecule has 0 bridgehead atoms. The van der Waals surface area contributed by atoms with E-state index in [1.54, 1.807) is 11.9 Å². The standard InChI is InChI=1S/C20H22N2O2S2/c1-15-6-5-9-18-20(15)19(26(23)21-16-10-12-24-13-11-16)14-22(18)25-17-7-3-2-4-8-17/h2-9,14,16,21H,10-13H2,1H3. The lowest BCUT2D eigenvalue weighted by Gasteiger charge is -2.22. The molecule has 4 nitrogen and oxygen atoms in total. The van der Waals surface area contributed by atoms with Crippen molar-refractivity contribution >= 4 is 33.8 Å². The van der Waals surface area contributed by atoms with Crippen molar-refractivity contribution in [1.29, 1.82) is 0 Å². The van der Waals surface area contributed by atoms with E-state index in [1.165, 1.54) is 0 Å². The van der Waals surface area contributed by atoms with E-state index in [2.05, 4.69) is 46.0 Å². The lowest BCUT2D eigenvalue weighted by Crippen LogP contribution is -2.35. The molecule has 4 rings (SSSR count). The second-order valence-electron chi connectivity index (χ2n) is 6.47. The molecule has 1 unspecified atom stereocenters. The van der Waals surface area contributed by atoms with Gasteiger partial charge in [0.2, 0.25) is 0 Å². The van der Waals surface area contributed by atoms with E-state index in [0.29, 0.717) is 0 Å². The van der Waals surface area contributed by atoms with Crippen molar-refractivity contribution in [2.24, 2.45) is 0 Å². The van der Waals surface area contributed by atoms with Gasteiger partial charge in [-0.15, -0.1) is 0 Å². The summed E-state index contributed by atoms with van der Waals surface area (Å²) < 4.78 is 23.9. The number of aromatic nitrogens is 1. The fourth-order valence-corrected chi connectivity index (χ4v) is 5.54. The molecule has 0 aliphatic carbocycles. The second-order valence-corrected chi connectivity index (χ2v) is 8.73. The number of aryl methyl sites for hydroxylation is 1. The zero-order valence-corrected chi connectivity index (χ0v) is 16.3. The summed E-state index contributed by atoms with van der Waals surface area (Å²) in [4.78, 5) is 2.01. The van der Waals surface area contributed by atoms with Gasteiger partial charge < -0.3 is 4.74 Å². The first-order valence-electron chi connectivity index (χ1n) is 8.82. The Morgan fingerprint density at radius 3 is 2.65 bits per heavy atom. The van der Waals surface area contributed by atoms with Crippen LogP contribution in [0.5, 0.6) is 0 Å². The molecule has 1 aromatic heterocycles. The van der Waals surface area contributed by atoms with Crippen LogP contribution in [0.1, 0.15) is 18.4 Å². The predicted molar refractivity (Wildman–Crippen MR) is 108 cm³/mol. The Morgan fingerprint density at radius 1 is 1.12 bits per heavy atom. The first-order valence-corrected chi connectivity index (χ1v) is 10.7. The maximum atomic E-state index is 13.1. The number of hydrogen-bond donors (Lipinski definition) is 1. The molecule has 0 amide bonds. The highest BCUT2D eigenvalue weighted by Gasteiger charge is 2.21. The largest absolute Gasteiger partial charge is 0.381 e. The van der Waals surface area contributed by atoms with Crippen LogP contribution in [-0.2, 0) is 15.7 Å². The molecule has 0 spiro atoms. The number of nitrogens with one attached hydrogen (secondary N) is 1. The fourth-order valence-electron chi connectivity index (χ4n) is 3.24. The average molecular weight is 387 g/mol. The minimum atomic E-state index is -1.24. The number of rotatable bonds is 5. The second kappa shape index (κ2) is 7.96. The minimum Gasteiger partial charge on any atom is -0.381 e. The van der Waals surface area contributed by atoms with Gasteiger partial charge in [0.25, 0.3) is 0 Å². The first-order chi connectivity index (χ1) is 12.7. The highest BCUT2D eigenvalue weighted by Crippen LogP contribution is 2.33. The third-order valence-corrected chi connectivity index (χ3v) is 6.85. The molecular formula is C20H22N2O2S2. The van der Waals surface area contributed by atoms with E-state index in [-0.39, 0.29) is 6.04 Å². The van der Waals surface area contributed by atoms with Gasteiger partial charge in [0, 0.05) is 35.7 Å². The molecule has 0 saturated carbocycles. The summed E-state index contributed by atoms with van der Waals surface area (Å²) >= 11 is 1.64. The Balaban J connectivity index is 1.68. The third kappa shape index (κ3) is 3.74. The van der Waals surface area contributed by atoms with Gasteiger partial charge in [-0.3, -0.25) is 3.97 Å². The van der Waals surface area contributed by atoms with Crippen LogP contribution in [0.3, 0.4) is 0 Å². The molecule has 136 valence electrons. The van der Waals surface area contributed by atoms with E-state index in [4.69, 9.17) is 4.74 Å². The number of nitrogens with zero attached hydrogens (tertiary/aromatic N) is 1. The molecule has 1 aliphatic heterocycles. The fraction of sp³-hybridized carbons (Fsp3) is 0.300. The van der Waals surface area contributed by atoms with Crippen molar-refractivity contribution in [3.05, 3.63) is 60.3 Å². The van der Waals surface area contributed by atoms with Crippen LogP contribution in [0.2, 0.25) is 0 Å². The molecule has 26 heavy (non-hydrogen) atoms. The molecule has 1 atom stereocenters. The molecule has 2 aromatic carbocycles. The van der Waals surface area contributed by atoms with Gasteiger partial charge in [-0.05, 0) is 55.5 Å². The van der Waals surface area contributed by atoms with E-state index in [1.807, 2.05) is 24.4 Å². The van der Waals surface area contributed by atoms with Gasteiger partial charge in [-0.25, -0.2) is 8.93 Å². The van der Waals surface area contributed by atoms with Gasteiger partial charge in [0.15, 0.2) is 0 Å². The van der Waals surface area contributed by atoms with E-state index in [0.717, 1.165) is 52.3 Å². The summed E-state index contributed by atoms with van der Waals surface area (Å²) in [6, 6.07) is 16.7. The van der Waals surface area contributed by atoms with E-state index in [9.17, 15) is 4.21 Å². The van der Waals surface area contributed by atoms with Crippen LogP contribution in [0.4, 0.5) is 0 Å². The SMILES string of the molecule is Cc1cccc2c1c(S(=O)NC1CCOCC1)cn2Sc1ccccc1. The molecule has 1 N–H and O–H groups in total. The number of benzene rings is 2. The van der Waals surface area contributed by atoms with Crippen molar-refractivity contribution < 1.29 is 8.95 Å². The summed E-state index contributed by atoms with van der Waals surface area (Å²) in [5, 5.41) is 1.08. The molecule has 0 radical (unpaired) electrons. The zero-order chi connectivity index (χ0) is 17.9. The normalized spacial score (nSPS) is 16.8. The van der Waals surface area contributed by atoms with Gasteiger partial charge in [0.1, 0.15) is 11.0 Å². The van der Waals surface area contributed by atoms with Crippen LogP contribution in [-0.4, -0.2) is 27.4 Å². The summed E-state index contributed by atoms with van der Waals surface area (Å²) in [6.45, 7) is 3.55. The van der Waals surface area contributed by atoms with Crippen molar-refractivity contribution in [1.82, 2.24) is 8.69 Å². The zero-order valence-electron chi connectivity index (χ0n) is 14.7. The topological polar surface area (TPSA) is 43.3 Å². The number of ether oxygens (including phenoxy) is 1. The van der Waals surface area contributed by atoms with Crippen LogP contribution in [0.15, 0.2) is 64.5 Å². The molecule has 1 saturated heterocycles. The number of hydrogen-bond acceptors (Lipinski definition) is 3. The Labute approximate surface area is 160 Å². The molecule has 2 heterocycles. The molecule has 1 fully saturated rings. The summed E-state index contributed by atoms with van der Waals surface area (Å²) in [7, 11) is -1.24. The van der Waals surface area contributed by atoms with Crippen molar-refractivity contribution in [3.8, 4) is 0 Å². The summed E-state index contributed by atoms with van der Waals surface area (Å²) in [5.41, 5.74) is 2.24. The van der Waals surface area contributed by atoms with Crippen molar-refractivity contribution in [2.45, 2.75) is 35.6 Å². The third-order valence-electron chi connectivity index (χ3n) is 4.61. The monoisotopic (exact) mass is 386 g/mol. The molecule has 1 aliphatic rings. The van der Waals surface area contributed by atoms with E-state index >= 15 is 0 Å². The van der Waals surface area contributed by atoms with Crippen LogP contribution in [0, 0.1) is 6.92 Å². The van der Waals surface area contributed by atoms with Crippen LogP contribution in [0.25, 0.3) is 10.9 Å². The Kier molecular flexibility index (Phi) is 5.45. The van der Waals surface area contributed by atoms with Crippen LogP contribution >= 0.6 is 11.9 Å². The van der Waals surface area contributed by atoms with Crippen LogP contribution < -0.4 is 4.72 Å². The Hall–Kier alpha value is -1.60. The molecule has 3 aromatic rings. The van der Waals surface area contributed by atoms with Gasteiger partial charge in [-0.2, -0.15) is 0 Å². The highest BCUT2D eigenvalue weighted by molar-refractivity contribution is 7.98. The summed E-state index contributed by atoms with van der Waals surface area (Å²) in [6.07, 6.45) is 3.82. The van der Waals surface area contributed by atoms with Crippen molar-refractivity contribution in [3.63, 3.8) is 0 Å². The Bertz CT molecular complexity index is 918.